The van der Waals surface area contributed by atoms with Gasteiger partial charge < -0.3 is 29.1 Å². The maximum atomic E-state index is 13.6. The highest BCUT2D eigenvalue weighted by Crippen LogP contribution is 2.42. The van der Waals surface area contributed by atoms with Crippen LogP contribution in [-0.2, 0) is 16.2 Å². The van der Waals surface area contributed by atoms with E-state index in [1.165, 1.54) is 0 Å². The van der Waals surface area contributed by atoms with E-state index in [0.717, 1.165) is 24.2 Å². The number of ether oxygens (including phenoxy) is 3. The van der Waals surface area contributed by atoms with Gasteiger partial charge in [0.25, 0.3) is 11.7 Å². The standard InChI is InChI=1S/C36H44N2O6/c1-7-37(8-2)18-19-38-33(27-14-17-30(31(21-27)42-6)44-23-26-12-10-9-11-13-26)32(35(40)36(38)41)34(39)28-15-16-29(25(5)20-28)43-22-24(3)4/h9-17,20-21,24,33,39H,7-8,18-19,22-23H2,1-6H3. The molecule has 0 bridgehead atoms. The third-order valence-electron chi connectivity index (χ3n) is 7.85. The molecule has 3 aromatic carbocycles. The maximum Gasteiger partial charge on any atom is 0.295 e. The second-order valence-electron chi connectivity index (χ2n) is 11.4. The van der Waals surface area contributed by atoms with Gasteiger partial charge in [-0.1, -0.05) is 64.1 Å². The van der Waals surface area contributed by atoms with Crippen LogP contribution in [0.25, 0.3) is 5.76 Å². The molecule has 1 heterocycles. The SMILES string of the molecule is CCN(CC)CCN1C(=O)C(=O)C(=C(O)c2ccc(OCC(C)C)c(C)c2)C1c1ccc(OCc2ccccc2)c(OC)c1. The highest BCUT2D eigenvalue weighted by Gasteiger charge is 2.46. The number of aliphatic hydroxyl groups excluding tert-OH is 1. The largest absolute Gasteiger partial charge is 0.507 e. The van der Waals surface area contributed by atoms with Gasteiger partial charge >= 0.3 is 0 Å². The van der Waals surface area contributed by atoms with Crippen molar-refractivity contribution < 1.29 is 28.9 Å². The lowest BCUT2D eigenvalue weighted by Crippen LogP contribution is -2.38. The summed E-state index contributed by atoms with van der Waals surface area (Å²) < 4.78 is 17.7. The Hall–Kier alpha value is -4.30. The van der Waals surface area contributed by atoms with Crippen LogP contribution in [0.5, 0.6) is 17.2 Å². The summed E-state index contributed by atoms with van der Waals surface area (Å²) in [5, 5.41) is 11.6. The molecule has 0 aliphatic carbocycles. The van der Waals surface area contributed by atoms with Gasteiger partial charge in [0.1, 0.15) is 18.1 Å². The Morgan fingerprint density at radius 2 is 1.64 bits per heavy atom. The summed E-state index contributed by atoms with van der Waals surface area (Å²) in [6.45, 7) is 13.6. The molecule has 44 heavy (non-hydrogen) atoms. The number of benzene rings is 3. The number of aliphatic hydroxyl groups is 1. The van der Waals surface area contributed by atoms with Crippen molar-refractivity contribution in [3.8, 4) is 17.2 Å². The highest BCUT2D eigenvalue weighted by atomic mass is 16.5. The summed E-state index contributed by atoms with van der Waals surface area (Å²) in [5.41, 5.74) is 2.97. The van der Waals surface area contributed by atoms with Gasteiger partial charge in [-0.15, -0.1) is 0 Å². The summed E-state index contributed by atoms with van der Waals surface area (Å²) >= 11 is 0. The normalized spacial score (nSPS) is 16.2. The van der Waals surface area contributed by atoms with Gasteiger partial charge in [0.2, 0.25) is 0 Å². The van der Waals surface area contributed by atoms with E-state index in [9.17, 15) is 14.7 Å². The van der Waals surface area contributed by atoms with E-state index >= 15 is 0 Å². The van der Waals surface area contributed by atoms with Crippen LogP contribution in [0, 0.1) is 12.8 Å². The third kappa shape index (κ3) is 7.42. The van der Waals surface area contributed by atoms with Crippen molar-refractivity contribution in [2.75, 3.05) is 39.9 Å². The number of ketones is 1. The van der Waals surface area contributed by atoms with E-state index in [2.05, 4.69) is 32.6 Å². The van der Waals surface area contributed by atoms with Crippen LogP contribution in [-0.4, -0.2) is 66.5 Å². The summed E-state index contributed by atoms with van der Waals surface area (Å²) in [6, 6.07) is 19.7. The Bertz CT molecular complexity index is 1480. The van der Waals surface area contributed by atoms with Crippen molar-refractivity contribution in [3.63, 3.8) is 0 Å². The first-order valence-corrected chi connectivity index (χ1v) is 15.3. The van der Waals surface area contributed by atoms with Crippen molar-refractivity contribution in [2.45, 2.75) is 47.3 Å². The van der Waals surface area contributed by atoms with Crippen LogP contribution >= 0.6 is 0 Å². The van der Waals surface area contributed by atoms with Crippen molar-refractivity contribution in [2.24, 2.45) is 5.92 Å². The zero-order valence-corrected chi connectivity index (χ0v) is 26.6. The minimum Gasteiger partial charge on any atom is -0.507 e. The van der Waals surface area contributed by atoms with Gasteiger partial charge in [0.15, 0.2) is 11.5 Å². The number of hydrogen-bond acceptors (Lipinski definition) is 7. The van der Waals surface area contributed by atoms with Crippen molar-refractivity contribution >= 4 is 17.4 Å². The number of carbonyl (C=O) groups is 2. The lowest BCUT2D eigenvalue weighted by molar-refractivity contribution is -0.140. The topological polar surface area (TPSA) is 88.5 Å². The number of amides is 1. The molecule has 0 spiro atoms. The predicted molar refractivity (Wildman–Crippen MR) is 172 cm³/mol. The molecule has 1 aliphatic rings. The molecule has 3 aromatic rings. The number of carbonyl (C=O) groups excluding carboxylic acids is 2. The van der Waals surface area contributed by atoms with Gasteiger partial charge in [0.05, 0.1) is 25.3 Å². The summed E-state index contributed by atoms with van der Waals surface area (Å²) in [6.07, 6.45) is 0. The van der Waals surface area contributed by atoms with Crippen LogP contribution in [0.2, 0.25) is 0 Å². The Balaban J connectivity index is 1.75. The molecular formula is C36H44N2O6. The summed E-state index contributed by atoms with van der Waals surface area (Å²) in [5.74, 6) is 0.502. The molecule has 8 heteroatoms. The van der Waals surface area contributed by atoms with Gasteiger partial charge in [-0.05, 0) is 73.0 Å². The molecule has 1 fully saturated rings. The predicted octanol–water partition coefficient (Wildman–Crippen LogP) is 6.38. The number of nitrogens with zero attached hydrogens (tertiary/aromatic N) is 2. The number of aryl methyl sites for hydroxylation is 1. The first-order chi connectivity index (χ1) is 21.2. The molecule has 1 unspecified atom stereocenters. The summed E-state index contributed by atoms with van der Waals surface area (Å²) in [7, 11) is 1.55. The summed E-state index contributed by atoms with van der Waals surface area (Å²) in [4.78, 5) is 30.9. The average molecular weight is 601 g/mol. The molecule has 234 valence electrons. The smallest absolute Gasteiger partial charge is 0.295 e. The number of likely N-dealkylation sites (N-methyl/N-ethyl adjacent to an activating group) is 1. The lowest BCUT2D eigenvalue weighted by atomic mass is 9.94. The van der Waals surface area contributed by atoms with Gasteiger partial charge in [-0.3, -0.25) is 9.59 Å². The quantitative estimate of drug-likeness (QED) is 0.131. The fraction of sp³-hybridized carbons (Fsp3) is 0.389. The Kier molecular flexibility index (Phi) is 11.1. The van der Waals surface area contributed by atoms with Crippen molar-refractivity contribution in [1.82, 2.24) is 9.80 Å². The number of hydrogen-bond donors (Lipinski definition) is 1. The zero-order valence-electron chi connectivity index (χ0n) is 26.6. The Morgan fingerprint density at radius 3 is 2.27 bits per heavy atom. The van der Waals surface area contributed by atoms with E-state index in [0.29, 0.717) is 60.6 Å². The van der Waals surface area contributed by atoms with Crippen LogP contribution in [0.1, 0.15) is 56.0 Å². The van der Waals surface area contributed by atoms with Crippen molar-refractivity contribution in [1.29, 1.82) is 0 Å². The van der Waals surface area contributed by atoms with E-state index in [1.54, 1.807) is 42.3 Å². The highest BCUT2D eigenvalue weighted by molar-refractivity contribution is 6.46. The minimum absolute atomic E-state index is 0.0461. The molecule has 1 atom stereocenters. The molecule has 8 nitrogen and oxygen atoms in total. The number of likely N-dealkylation sites (tertiary alicyclic amines) is 1. The Morgan fingerprint density at radius 1 is 0.932 bits per heavy atom. The number of rotatable bonds is 14. The number of Topliss-reactive ketones (excluding diaryl/α,β-unsaturated/α-hetero) is 1. The first kappa shape index (κ1) is 32.6. The third-order valence-corrected chi connectivity index (χ3v) is 7.85. The zero-order chi connectivity index (χ0) is 31.8. The van der Waals surface area contributed by atoms with Crippen LogP contribution in [0.4, 0.5) is 0 Å². The first-order valence-electron chi connectivity index (χ1n) is 15.3. The van der Waals surface area contributed by atoms with E-state index in [1.807, 2.05) is 43.3 Å². The van der Waals surface area contributed by atoms with Crippen LogP contribution in [0.15, 0.2) is 72.3 Å². The average Bonchev–Trinajstić information content (AvgIpc) is 3.28. The lowest BCUT2D eigenvalue weighted by Gasteiger charge is -2.28. The molecule has 1 N–H and O–H groups in total. The number of methoxy groups -OCH3 is 1. The molecule has 0 saturated carbocycles. The monoisotopic (exact) mass is 600 g/mol. The maximum absolute atomic E-state index is 13.6. The van der Waals surface area contributed by atoms with Gasteiger partial charge in [-0.25, -0.2) is 0 Å². The van der Waals surface area contributed by atoms with E-state index in [4.69, 9.17) is 14.2 Å². The second kappa shape index (κ2) is 14.9. The molecule has 0 aromatic heterocycles. The Labute approximate surface area is 260 Å². The van der Waals surface area contributed by atoms with E-state index < -0.39 is 17.7 Å². The van der Waals surface area contributed by atoms with Crippen molar-refractivity contribution in [3.05, 3.63) is 94.6 Å². The fourth-order valence-electron chi connectivity index (χ4n) is 5.33. The molecular weight excluding hydrogens is 556 g/mol. The molecule has 1 aliphatic heterocycles. The van der Waals surface area contributed by atoms with Crippen LogP contribution < -0.4 is 14.2 Å². The molecule has 1 saturated heterocycles. The van der Waals surface area contributed by atoms with E-state index in [-0.39, 0.29) is 11.3 Å². The fourth-order valence-corrected chi connectivity index (χ4v) is 5.33. The molecule has 4 rings (SSSR count). The molecule has 0 radical (unpaired) electrons. The van der Waals surface area contributed by atoms with Crippen LogP contribution in [0.3, 0.4) is 0 Å². The van der Waals surface area contributed by atoms with Gasteiger partial charge in [-0.2, -0.15) is 0 Å². The second-order valence-corrected chi connectivity index (χ2v) is 11.4. The molecule has 1 amide bonds. The minimum atomic E-state index is -0.806. The van der Waals surface area contributed by atoms with Gasteiger partial charge in [0, 0.05) is 18.7 Å².